The first-order valence-electron chi connectivity index (χ1n) is 8.89. The van der Waals surface area contributed by atoms with E-state index in [0.717, 1.165) is 39.6 Å². The zero-order chi connectivity index (χ0) is 19.2. The number of aryl methyl sites for hydroxylation is 1. The molecule has 0 radical (unpaired) electrons. The Kier molecular flexibility index (Phi) is 4.28. The topological polar surface area (TPSA) is 61.9 Å². The molecule has 3 aromatic heterocycles. The van der Waals surface area contributed by atoms with E-state index in [-0.39, 0.29) is 5.92 Å². The van der Waals surface area contributed by atoms with Gasteiger partial charge in [0.25, 0.3) is 0 Å². The van der Waals surface area contributed by atoms with Crippen molar-refractivity contribution in [3.8, 4) is 0 Å². The first-order valence-corrected chi connectivity index (χ1v) is 8.89. The second-order valence-corrected chi connectivity index (χ2v) is 7.10. The van der Waals surface area contributed by atoms with E-state index in [1.807, 2.05) is 19.1 Å². The fraction of sp³-hybridized carbons (Fsp3) is 0.421. The van der Waals surface area contributed by atoms with Crippen LogP contribution in [-0.2, 0) is 4.79 Å². The SMILES string of the molecule is Cc1cc2c(ncc3nccc(C4CCCN(C(=O)CC(F)(F)F)C4)c32)[nH]1. The van der Waals surface area contributed by atoms with Gasteiger partial charge in [-0.05, 0) is 37.5 Å². The van der Waals surface area contributed by atoms with Crippen molar-refractivity contribution in [3.05, 3.63) is 35.8 Å². The number of hydrogen-bond acceptors (Lipinski definition) is 3. The number of aromatic amines is 1. The average molecular weight is 376 g/mol. The van der Waals surface area contributed by atoms with Crippen LogP contribution in [0.25, 0.3) is 21.9 Å². The van der Waals surface area contributed by atoms with Gasteiger partial charge in [-0.15, -0.1) is 0 Å². The molecule has 1 N–H and O–H groups in total. The van der Waals surface area contributed by atoms with Gasteiger partial charge in [0.1, 0.15) is 12.1 Å². The van der Waals surface area contributed by atoms with Gasteiger partial charge in [-0.2, -0.15) is 13.2 Å². The van der Waals surface area contributed by atoms with Crippen molar-refractivity contribution < 1.29 is 18.0 Å². The largest absolute Gasteiger partial charge is 0.397 e. The first kappa shape index (κ1) is 17.8. The molecule has 1 unspecified atom stereocenters. The maximum Gasteiger partial charge on any atom is 0.397 e. The summed E-state index contributed by atoms with van der Waals surface area (Å²) in [4.78, 5) is 25.4. The number of halogens is 3. The lowest BCUT2D eigenvalue weighted by Crippen LogP contribution is -2.40. The summed E-state index contributed by atoms with van der Waals surface area (Å²) in [5, 5.41) is 1.91. The molecule has 1 amide bonds. The van der Waals surface area contributed by atoms with Crippen molar-refractivity contribution in [2.75, 3.05) is 13.1 Å². The van der Waals surface area contributed by atoms with Gasteiger partial charge < -0.3 is 9.88 Å². The number of fused-ring (bicyclic) bond motifs is 3. The Morgan fingerprint density at radius 3 is 2.96 bits per heavy atom. The third kappa shape index (κ3) is 3.48. The van der Waals surface area contributed by atoms with Crippen molar-refractivity contribution in [1.82, 2.24) is 19.9 Å². The normalized spacial score (nSPS) is 18.4. The molecule has 4 rings (SSSR count). The lowest BCUT2D eigenvalue weighted by atomic mass is 9.88. The van der Waals surface area contributed by atoms with Crippen LogP contribution in [0.4, 0.5) is 13.2 Å². The van der Waals surface area contributed by atoms with Crippen LogP contribution in [-0.4, -0.2) is 45.0 Å². The minimum atomic E-state index is -4.48. The molecular weight excluding hydrogens is 357 g/mol. The molecule has 0 aromatic carbocycles. The molecule has 3 aromatic rings. The molecule has 1 aliphatic heterocycles. The van der Waals surface area contributed by atoms with Crippen LogP contribution < -0.4 is 0 Å². The number of hydrogen-bond donors (Lipinski definition) is 1. The third-order valence-electron chi connectivity index (χ3n) is 5.09. The van der Waals surface area contributed by atoms with Gasteiger partial charge in [-0.25, -0.2) is 4.98 Å². The summed E-state index contributed by atoms with van der Waals surface area (Å²) in [7, 11) is 0. The number of pyridine rings is 2. The standard InChI is InChI=1S/C19H19F3N4O/c1-11-7-14-17-13(4-5-23-15(17)9-24-18(14)25-11)12-3-2-6-26(10-12)16(27)8-19(20,21)22/h4-5,7,9,12H,2-3,6,8,10H2,1H3,(H,24,25). The number of amides is 1. The molecule has 0 spiro atoms. The summed E-state index contributed by atoms with van der Waals surface area (Å²) in [6.07, 6.45) is -0.982. The van der Waals surface area contributed by atoms with Gasteiger partial charge in [-0.3, -0.25) is 9.78 Å². The molecule has 0 bridgehead atoms. The van der Waals surface area contributed by atoms with Gasteiger partial charge in [0.05, 0.1) is 11.7 Å². The highest BCUT2D eigenvalue weighted by molar-refractivity contribution is 6.05. The molecule has 4 heterocycles. The van der Waals surface area contributed by atoms with Gasteiger partial charge in [0, 0.05) is 41.7 Å². The Morgan fingerprint density at radius 1 is 1.37 bits per heavy atom. The summed E-state index contributed by atoms with van der Waals surface area (Å²) in [5.74, 6) is -0.878. The summed E-state index contributed by atoms with van der Waals surface area (Å²) in [5.41, 5.74) is 3.49. The highest BCUT2D eigenvalue weighted by Crippen LogP contribution is 2.35. The van der Waals surface area contributed by atoms with Gasteiger partial charge in [0.15, 0.2) is 0 Å². The zero-order valence-electron chi connectivity index (χ0n) is 14.8. The molecule has 0 saturated carbocycles. The van der Waals surface area contributed by atoms with Crippen LogP contribution in [0.3, 0.4) is 0 Å². The summed E-state index contributed by atoms with van der Waals surface area (Å²) in [6.45, 7) is 2.61. The monoisotopic (exact) mass is 376 g/mol. The second-order valence-electron chi connectivity index (χ2n) is 7.10. The van der Waals surface area contributed by atoms with Crippen LogP contribution in [0.2, 0.25) is 0 Å². The smallest absolute Gasteiger partial charge is 0.344 e. The van der Waals surface area contributed by atoms with Gasteiger partial charge >= 0.3 is 6.18 Å². The number of H-pyrrole nitrogens is 1. The van der Waals surface area contributed by atoms with E-state index in [4.69, 9.17) is 0 Å². The number of aromatic nitrogens is 3. The van der Waals surface area contributed by atoms with Gasteiger partial charge in [-0.1, -0.05) is 0 Å². The molecule has 142 valence electrons. The zero-order valence-corrected chi connectivity index (χ0v) is 14.8. The Labute approximate surface area is 153 Å². The predicted molar refractivity (Wildman–Crippen MR) is 95.4 cm³/mol. The van der Waals surface area contributed by atoms with E-state index in [1.54, 1.807) is 12.4 Å². The Morgan fingerprint density at radius 2 is 2.19 bits per heavy atom. The number of carbonyl (C=O) groups is 1. The molecular formula is C19H19F3N4O. The molecule has 0 aliphatic carbocycles. The van der Waals surface area contributed by atoms with Crippen LogP contribution in [0, 0.1) is 6.92 Å². The van der Waals surface area contributed by atoms with Crippen LogP contribution >= 0.6 is 0 Å². The maximum atomic E-state index is 12.6. The summed E-state index contributed by atoms with van der Waals surface area (Å²) < 4.78 is 37.8. The fourth-order valence-electron chi connectivity index (χ4n) is 3.96. The number of carbonyl (C=O) groups excluding carboxylic acids is 1. The second kappa shape index (κ2) is 6.51. The molecule has 1 fully saturated rings. The van der Waals surface area contributed by atoms with Crippen molar-refractivity contribution in [3.63, 3.8) is 0 Å². The fourth-order valence-corrected chi connectivity index (χ4v) is 3.96. The van der Waals surface area contributed by atoms with Crippen molar-refractivity contribution in [2.24, 2.45) is 0 Å². The summed E-state index contributed by atoms with van der Waals surface area (Å²) in [6, 6.07) is 3.91. The van der Waals surface area contributed by atoms with Crippen LogP contribution in [0.15, 0.2) is 24.5 Å². The minimum absolute atomic E-state index is 0.0257. The predicted octanol–water partition coefficient (Wildman–Crippen LogP) is 4.08. The van der Waals surface area contributed by atoms with E-state index in [1.165, 1.54) is 4.90 Å². The van der Waals surface area contributed by atoms with Crippen molar-refractivity contribution in [1.29, 1.82) is 0 Å². The van der Waals surface area contributed by atoms with Crippen LogP contribution in [0.5, 0.6) is 0 Å². The number of alkyl halides is 3. The minimum Gasteiger partial charge on any atom is -0.344 e. The molecule has 1 saturated heterocycles. The molecule has 1 aliphatic rings. The molecule has 8 heteroatoms. The Balaban J connectivity index is 1.71. The number of nitrogens with zero attached hydrogens (tertiary/aromatic N) is 3. The van der Waals surface area contributed by atoms with Crippen LogP contribution in [0.1, 0.15) is 36.4 Å². The highest BCUT2D eigenvalue weighted by Gasteiger charge is 2.35. The molecule has 1 atom stereocenters. The van der Waals surface area contributed by atoms with Gasteiger partial charge in [0.2, 0.25) is 5.91 Å². The van der Waals surface area contributed by atoms with Crippen molar-refractivity contribution in [2.45, 2.75) is 38.3 Å². The van der Waals surface area contributed by atoms with E-state index in [2.05, 4.69) is 15.0 Å². The number of piperidine rings is 1. The average Bonchev–Trinajstić information content (AvgIpc) is 3.00. The Bertz CT molecular complexity index is 1010. The quantitative estimate of drug-likeness (QED) is 0.733. The van der Waals surface area contributed by atoms with E-state index < -0.39 is 18.5 Å². The highest BCUT2D eigenvalue weighted by atomic mass is 19.4. The van der Waals surface area contributed by atoms with E-state index in [0.29, 0.717) is 19.5 Å². The number of rotatable bonds is 2. The first-order chi connectivity index (χ1) is 12.8. The molecule has 27 heavy (non-hydrogen) atoms. The number of likely N-dealkylation sites (tertiary alicyclic amines) is 1. The number of nitrogens with one attached hydrogen (secondary N) is 1. The Hall–Kier alpha value is -2.64. The lowest BCUT2D eigenvalue weighted by molar-refractivity contribution is -0.162. The lowest BCUT2D eigenvalue weighted by Gasteiger charge is -2.33. The summed E-state index contributed by atoms with van der Waals surface area (Å²) >= 11 is 0. The maximum absolute atomic E-state index is 12.6. The van der Waals surface area contributed by atoms with Crippen molar-refractivity contribution >= 4 is 27.8 Å². The molecule has 5 nitrogen and oxygen atoms in total. The van der Waals surface area contributed by atoms with E-state index >= 15 is 0 Å². The van der Waals surface area contributed by atoms with E-state index in [9.17, 15) is 18.0 Å². The third-order valence-corrected chi connectivity index (χ3v) is 5.09.